The third-order valence-electron chi connectivity index (χ3n) is 3.68. The molecule has 1 unspecified atom stereocenters. The lowest BCUT2D eigenvalue weighted by atomic mass is 9.99. The summed E-state index contributed by atoms with van der Waals surface area (Å²) in [5.41, 5.74) is 2.59. The Hall–Kier alpha value is -1.27. The van der Waals surface area contributed by atoms with Crippen LogP contribution >= 0.6 is 15.9 Å². The molecular weight excluding hydrogens is 342 g/mol. The summed E-state index contributed by atoms with van der Waals surface area (Å²) < 4.78 is 29.5. The van der Waals surface area contributed by atoms with Gasteiger partial charge in [-0.3, -0.25) is 4.68 Å². The molecule has 0 aliphatic heterocycles. The van der Waals surface area contributed by atoms with E-state index in [4.69, 9.17) is 0 Å². The first-order valence-corrected chi connectivity index (χ1v) is 7.40. The number of aryl methyl sites for hydroxylation is 2. The van der Waals surface area contributed by atoms with Gasteiger partial charge in [0.1, 0.15) is 11.6 Å². The van der Waals surface area contributed by atoms with Crippen LogP contribution < -0.4 is 0 Å². The Bertz CT molecular complexity index is 670. The largest absolute Gasteiger partial charge is 0.392 e. The minimum Gasteiger partial charge on any atom is -0.392 e. The molecule has 114 valence electrons. The summed E-state index contributed by atoms with van der Waals surface area (Å²) in [5, 5.41) is 14.4. The Balaban J connectivity index is 2.19. The van der Waals surface area contributed by atoms with E-state index in [-0.39, 0.29) is 16.5 Å². The third kappa shape index (κ3) is 3.32. The molecule has 3 nitrogen and oxygen atoms in total. The average molecular weight is 359 g/mol. The molecule has 2 rings (SSSR count). The monoisotopic (exact) mass is 358 g/mol. The van der Waals surface area contributed by atoms with E-state index in [2.05, 4.69) is 21.0 Å². The molecule has 1 aromatic carbocycles. The van der Waals surface area contributed by atoms with E-state index in [1.165, 1.54) is 12.1 Å². The van der Waals surface area contributed by atoms with Gasteiger partial charge in [-0.05, 0) is 47.5 Å². The van der Waals surface area contributed by atoms with Gasteiger partial charge in [-0.2, -0.15) is 5.10 Å². The molecule has 6 heteroatoms. The molecule has 0 aliphatic rings. The topological polar surface area (TPSA) is 38.0 Å². The number of rotatable bonds is 4. The van der Waals surface area contributed by atoms with Crippen LogP contribution in [0.15, 0.2) is 16.6 Å². The minimum absolute atomic E-state index is 0.0785. The highest BCUT2D eigenvalue weighted by atomic mass is 79.9. The van der Waals surface area contributed by atoms with Crippen molar-refractivity contribution in [1.82, 2.24) is 9.78 Å². The van der Waals surface area contributed by atoms with E-state index in [9.17, 15) is 13.9 Å². The normalized spacial score (nSPS) is 12.7. The van der Waals surface area contributed by atoms with Crippen LogP contribution in [0.1, 0.15) is 22.5 Å². The predicted molar refractivity (Wildman–Crippen MR) is 80.2 cm³/mol. The van der Waals surface area contributed by atoms with Gasteiger partial charge in [-0.25, -0.2) is 8.78 Å². The summed E-state index contributed by atoms with van der Waals surface area (Å²) in [6.07, 6.45) is -0.633. The highest BCUT2D eigenvalue weighted by Gasteiger charge is 2.19. The maximum absolute atomic E-state index is 13.9. The van der Waals surface area contributed by atoms with Crippen molar-refractivity contribution in [2.75, 3.05) is 0 Å². The number of hydrogen-bond donors (Lipinski definition) is 1. The van der Waals surface area contributed by atoms with Crippen LogP contribution in [0.2, 0.25) is 0 Å². The van der Waals surface area contributed by atoms with E-state index in [0.717, 1.165) is 17.0 Å². The molecule has 0 amide bonds. The highest BCUT2D eigenvalue weighted by molar-refractivity contribution is 9.10. The minimum atomic E-state index is -0.870. The van der Waals surface area contributed by atoms with Crippen LogP contribution in [0.3, 0.4) is 0 Å². The van der Waals surface area contributed by atoms with Gasteiger partial charge >= 0.3 is 0 Å². The van der Waals surface area contributed by atoms with Crippen molar-refractivity contribution in [2.45, 2.75) is 32.8 Å². The van der Waals surface area contributed by atoms with Gasteiger partial charge in [-0.1, -0.05) is 0 Å². The number of halogens is 3. The van der Waals surface area contributed by atoms with Gasteiger partial charge in [0.2, 0.25) is 0 Å². The van der Waals surface area contributed by atoms with Crippen LogP contribution in [0.5, 0.6) is 0 Å². The molecule has 0 saturated heterocycles. The Morgan fingerprint density at radius 1 is 1.24 bits per heavy atom. The lowest BCUT2D eigenvalue weighted by Gasteiger charge is -2.13. The lowest BCUT2D eigenvalue weighted by Crippen LogP contribution is -2.17. The first-order chi connectivity index (χ1) is 9.81. The molecule has 1 heterocycles. The molecule has 2 aromatic rings. The summed E-state index contributed by atoms with van der Waals surface area (Å²) in [6.45, 7) is 3.76. The van der Waals surface area contributed by atoms with E-state index in [1.54, 1.807) is 4.68 Å². The molecule has 0 fully saturated rings. The number of aliphatic hydroxyl groups excluding tert-OH is 1. The average Bonchev–Trinajstić information content (AvgIpc) is 2.66. The zero-order chi connectivity index (χ0) is 15.7. The molecule has 0 saturated carbocycles. The third-order valence-corrected chi connectivity index (χ3v) is 4.29. The maximum Gasteiger partial charge on any atom is 0.143 e. The van der Waals surface area contributed by atoms with E-state index in [1.807, 2.05) is 20.9 Å². The molecule has 0 aliphatic carbocycles. The first-order valence-electron chi connectivity index (χ1n) is 6.60. The van der Waals surface area contributed by atoms with Crippen molar-refractivity contribution in [2.24, 2.45) is 7.05 Å². The number of benzene rings is 1. The van der Waals surface area contributed by atoms with Crippen molar-refractivity contribution in [3.05, 3.63) is 50.8 Å². The van der Waals surface area contributed by atoms with Crippen LogP contribution in [-0.2, 0) is 19.9 Å². The summed E-state index contributed by atoms with van der Waals surface area (Å²) in [7, 11) is 1.83. The van der Waals surface area contributed by atoms with Crippen molar-refractivity contribution in [3.63, 3.8) is 0 Å². The van der Waals surface area contributed by atoms with Crippen LogP contribution in [-0.4, -0.2) is 21.0 Å². The Kier molecular flexibility index (Phi) is 4.78. The van der Waals surface area contributed by atoms with Gasteiger partial charge < -0.3 is 5.11 Å². The van der Waals surface area contributed by atoms with E-state index in [0.29, 0.717) is 6.42 Å². The number of aliphatic hydroxyl groups is 1. The van der Waals surface area contributed by atoms with Gasteiger partial charge in [0.05, 0.1) is 16.3 Å². The van der Waals surface area contributed by atoms with E-state index >= 15 is 0 Å². The fourth-order valence-corrected chi connectivity index (χ4v) is 2.78. The van der Waals surface area contributed by atoms with Crippen molar-refractivity contribution < 1.29 is 13.9 Å². The van der Waals surface area contributed by atoms with Crippen LogP contribution in [0.4, 0.5) is 8.78 Å². The van der Waals surface area contributed by atoms with Gasteiger partial charge in [0, 0.05) is 31.1 Å². The number of aromatic nitrogens is 2. The molecule has 0 bridgehead atoms. The molecule has 21 heavy (non-hydrogen) atoms. The zero-order valence-electron chi connectivity index (χ0n) is 12.1. The van der Waals surface area contributed by atoms with Crippen molar-refractivity contribution in [1.29, 1.82) is 0 Å². The van der Waals surface area contributed by atoms with E-state index < -0.39 is 17.7 Å². The van der Waals surface area contributed by atoms with Gasteiger partial charge in [-0.15, -0.1) is 0 Å². The summed E-state index contributed by atoms with van der Waals surface area (Å²) >= 11 is 3.03. The molecule has 1 N–H and O–H groups in total. The quantitative estimate of drug-likeness (QED) is 0.852. The second-order valence-corrected chi connectivity index (χ2v) is 6.01. The fourth-order valence-electron chi connectivity index (χ4n) is 2.41. The molecule has 0 spiro atoms. The number of hydrogen-bond acceptors (Lipinski definition) is 2. The summed E-state index contributed by atoms with van der Waals surface area (Å²) in [6, 6.07) is 2.51. The van der Waals surface area contributed by atoms with Crippen LogP contribution in [0.25, 0.3) is 0 Å². The Morgan fingerprint density at radius 2 is 1.86 bits per heavy atom. The summed E-state index contributed by atoms with van der Waals surface area (Å²) in [5.74, 6) is -1.30. The Morgan fingerprint density at radius 3 is 2.43 bits per heavy atom. The standard InChI is InChI=1S/C15H17BrF2N2O/c1-8-11(9(2)20(3)19-8)6-10(21)7-12-14(17)5-4-13(16)15(12)18/h4-5,10,21H,6-7H2,1-3H3. The predicted octanol–water partition coefficient (Wildman–Crippen LogP) is 3.22. The summed E-state index contributed by atoms with van der Waals surface area (Å²) in [4.78, 5) is 0. The maximum atomic E-state index is 13.9. The molecule has 0 radical (unpaired) electrons. The second-order valence-electron chi connectivity index (χ2n) is 5.16. The Labute approximate surface area is 130 Å². The smallest absolute Gasteiger partial charge is 0.143 e. The van der Waals surface area contributed by atoms with Gasteiger partial charge in [0.15, 0.2) is 0 Å². The lowest BCUT2D eigenvalue weighted by molar-refractivity contribution is 0.172. The van der Waals surface area contributed by atoms with Gasteiger partial charge in [0.25, 0.3) is 0 Å². The zero-order valence-corrected chi connectivity index (χ0v) is 13.7. The molecule has 1 atom stereocenters. The molecular formula is C15H17BrF2N2O. The first kappa shape index (κ1) is 16.1. The molecule has 1 aromatic heterocycles. The SMILES string of the molecule is Cc1nn(C)c(C)c1CC(O)Cc1c(F)ccc(Br)c1F. The highest BCUT2D eigenvalue weighted by Crippen LogP contribution is 2.24. The van der Waals surface area contributed by atoms with Crippen molar-refractivity contribution in [3.8, 4) is 0 Å². The fraction of sp³-hybridized carbons (Fsp3) is 0.400. The van der Waals surface area contributed by atoms with Crippen molar-refractivity contribution >= 4 is 15.9 Å². The van der Waals surface area contributed by atoms with Crippen LogP contribution in [0, 0.1) is 25.5 Å². The number of nitrogens with zero attached hydrogens (tertiary/aromatic N) is 2. The second kappa shape index (κ2) is 6.23.